The quantitative estimate of drug-likeness (QED) is 0.122. The largest absolute Gasteiger partial charge is 0.462 e. The number of hydrogen-bond donors (Lipinski definition) is 0. The van der Waals surface area contributed by atoms with Crippen LogP contribution in [0.25, 0.3) is 97.0 Å². The molecule has 0 fully saturated rings. The highest BCUT2D eigenvalue weighted by molar-refractivity contribution is 9.10. The first-order chi connectivity index (χ1) is 18.6. The van der Waals surface area contributed by atoms with Crippen molar-refractivity contribution >= 4 is 119 Å². The first-order valence-corrected chi connectivity index (χ1v) is 13.8. The summed E-state index contributed by atoms with van der Waals surface area (Å²) in [6, 6.07) is 26.8. The third kappa shape index (κ3) is 2.00. The van der Waals surface area contributed by atoms with Crippen LogP contribution in [-0.4, -0.2) is 12.6 Å². The zero-order chi connectivity index (χ0) is 25.0. The molecule has 0 unspecified atom stereocenters. The smallest absolute Gasteiger partial charge is 0.338 e. The number of esters is 1. The molecule has 0 aliphatic rings. The van der Waals surface area contributed by atoms with Gasteiger partial charge in [0, 0.05) is 4.47 Å². The maximum absolute atomic E-state index is 13.4. The number of halogens is 1. The second-order valence-electron chi connectivity index (χ2n) is 10.7. The van der Waals surface area contributed by atoms with Crippen molar-refractivity contribution in [3.63, 3.8) is 0 Å². The Labute approximate surface area is 224 Å². The van der Waals surface area contributed by atoms with E-state index in [-0.39, 0.29) is 5.97 Å². The van der Waals surface area contributed by atoms with Gasteiger partial charge in [0.2, 0.25) is 0 Å². The molecule has 10 aromatic carbocycles. The van der Waals surface area contributed by atoms with E-state index in [0.717, 1.165) is 15.2 Å². The third-order valence-electron chi connectivity index (χ3n) is 9.01. The number of hydrogen-bond acceptors (Lipinski definition) is 2. The van der Waals surface area contributed by atoms with Crippen molar-refractivity contribution in [2.24, 2.45) is 0 Å². The van der Waals surface area contributed by atoms with E-state index in [4.69, 9.17) is 4.74 Å². The molecule has 38 heavy (non-hydrogen) atoms. The molecule has 0 aliphatic heterocycles. The van der Waals surface area contributed by atoms with Crippen molar-refractivity contribution in [2.45, 2.75) is 6.92 Å². The molecular weight excluding hydrogens is 532 g/mol. The Morgan fingerprint density at radius 2 is 1.05 bits per heavy atom. The fourth-order valence-corrected chi connectivity index (χ4v) is 8.27. The lowest BCUT2D eigenvalue weighted by atomic mass is 9.77. The normalized spacial score (nSPS) is 13.2. The Morgan fingerprint density at radius 3 is 1.76 bits per heavy atom. The van der Waals surface area contributed by atoms with Crippen LogP contribution >= 0.6 is 15.9 Å². The van der Waals surface area contributed by atoms with Crippen molar-refractivity contribution in [3.8, 4) is 0 Å². The molecule has 0 spiro atoms. The standard InChI is InChI=1S/C35H17BrO2/c1-2-38-35(37)23-13-19-9-10-21-24(36)14-20-11-17-7-5-15-3-4-16-6-8-18-12-22(23)32-29(19)31(21)30(20)33-27(17)25(15)26(16)28(18)34(32)33/h3-14H,2H2,1H3. The molecule has 0 amide bonds. The van der Waals surface area contributed by atoms with Crippen LogP contribution in [0.5, 0.6) is 0 Å². The molecule has 0 saturated heterocycles. The van der Waals surface area contributed by atoms with Crippen LogP contribution in [0, 0.1) is 0 Å². The zero-order valence-electron chi connectivity index (χ0n) is 20.3. The first kappa shape index (κ1) is 19.8. The summed E-state index contributed by atoms with van der Waals surface area (Å²) in [6.07, 6.45) is 0. The molecule has 0 heterocycles. The van der Waals surface area contributed by atoms with E-state index in [9.17, 15) is 4.79 Å². The fourth-order valence-electron chi connectivity index (χ4n) is 7.69. The second kappa shape index (κ2) is 6.25. The molecule has 0 saturated carbocycles. The summed E-state index contributed by atoms with van der Waals surface area (Å²) in [5, 5.41) is 22.4. The van der Waals surface area contributed by atoms with E-state index in [1.165, 1.54) is 86.2 Å². The Bertz CT molecular complexity index is 2590. The summed E-state index contributed by atoms with van der Waals surface area (Å²) < 4.78 is 6.68. The highest BCUT2D eigenvalue weighted by Crippen LogP contribution is 2.55. The highest BCUT2D eigenvalue weighted by Gasteiger charge is 2.28. The summed E-state index contributed by atoms with van der Waals surface area (Å²) in [5.74, 6) is -0.260. The summed E-state index contributed by atoms with van der Waals surface area (Å²) in [7, 11) is 0. The van der Waals surface area contributed by atoms with Crippen molar-refractivity contribution in [1.82, 2.24) is 0 Å². The topological polar surface area (TPSA) is 26.3 Å². The molecule has 0 aliphatic carbocycles. The average Bonchev–Trinajstić information content (AvgIpc) is 2.94. The number of ether oxygens (including phenoxy) is 1. The summed E-state index contributed by atoms with van der Waals surface area (Å²) in [4.78, 5) is 13.4. The van der Waals surface area contributed by atoms with E-state index < -0.39 is 0 Å². The van der Waals surface area contributed by atoms with Crippen LogP contribution < -0.4 is 0 Å². The predicted octanol–water partition coefficient (Wildman–Crippen LogP) is 10.2. The lowest BCUT2D eigenvalue weighted by molar-refractivity contribution is 0.0529. The molecular formula is C35H17BrO2. The first-order valence-electron chi connectivity index (χ1n) is 13.0. The van der Waals surface area contributed by atoms with Gasteiger partial charge in [-0.3, -0.25) is 0 Å². The molecule has 176 valence electrons. The van der Waals surface area contributed by atoms with Gasteiger partial charge in [0.15, 0.2) is 0 Å². The minimum Gasteiger partial charge on any atom is -0.462 e. The van der Waals surface area contributed by atoms with E-state index in [1.54, 1.807) is 0 Å². The Balaban J connectivity index is 1.69. The minimum absolute atomic E-state index is 0.260. The molecule has 10 aromatic rings. The summed E-state index contributed by atoms with van der Waals surface area (Å²) >= 11 is 3.90. The average molecular weight is 549 g/mol. The molecule has 10 rings (SSSR count). The number of benzene rings is 10. The third-order valence-corrected chi connectivity index (χ3v) is 9.67. The maximum Gasteiger partial charge on any atom is 0.338 e. The van der Waals surface area contributed by atoms with Gasteiger partial charge >= 0.3 is 5.97 Å². The highest BCUT2D eigenvalue weighted by atomic mass is 79.9. The van der Waals surface area contributed by atoms with Crippen LogP contribution in [0.4, 0.5) is 0 Å². The number of rotatable bonds is 2. The monoisotopic (exact) mass is 548 g/mol. The lowest BCUT2D eigenvalue weighted by Crippen LogP contribution is -2.06. The van der Waals surface area contributed by atoms with Gasteiger partial charge in [-0.25, -0.2) is 4.79 Å². The predicted molar refractivity (Wildman–Crippen MR) is 164 cm³/mol. The van der Waals surface area contributed by atoms with Gasteiger partial charge in [0.05, 0.1) is 12.2 Å². The van der Waals surface area contributed by atoms with Crippen LogP contribution in [0.2, 0.25) is 0 Å². The molecule has 0 aromatic heterocycles. The Morgan fingerprint density at radius 1 is 0.553 bits per heavy atom. The van der Waals surface area contributed by atoms with Gasteiger partial charge in [0.1, 0.15) is 0 Å². The second-order valence-corrected chi connectivity index (χ2v) is 11.6. The maximum atomic E-state index is 13.4. The van der Waals surface area contributed by atoms with Gasteiger partial charge in [-0.2, -0.15) is 0 Å². The van der Waals surface area contributed by atoms with Crippen molar-refractivity contribution in [1.29, 1.82) is 0 Å². The van der Waals surface area contributed by atoms with Gasteiger partial charge in [-0.15, -0.1) is 0 Å². The van der Waals surface area contributed by atoms with Crippen molar-refractivity contribution < 1.29 is 9.53 Å². The minimum atomic E-state index is -0.260. The van der Waals surface area contributed by atoms with Gasteiger partial charge < -0.3 is 4.74 Å². The van der Waals surface area contributed by atoms with Crippen LogP contribution in [0.1, 0.15) is 17.3 Å². The Kier molecular flexibility index (Phi) is 3.27. The van der Waals surface area contributed by atoms with Gasteiger partial charge in [0.25, 0.3) is 0 Å². The van der Waals surface area contributed by atoms with E-state index >= 15 is 0 Å². The van der Waals surface area contributed by atoms with E-state index in [0.29, 0.717) is 12.2 Å². The molecule has 0 atom stereocenters. The van der Waals surface area contributed by atoms with Crippen LogP contribution in [-0.2, 0) is 4.74 Å². The molecule has 0 radical (unpaired) electrons. The molecule has 2 nitrogen and oxygen atoms in total. The van der Waals surface area contributed by atoms with Crippen LogP contribution in [0.15, 0.2) is 77.3 Å². The fraction of sp³-hybridized carbons (Fsp3) is 0.0571. The zero-order valence-corrected chi connectivity index (χ0v) is 21.9. The summed E-state index contributed by atoms with van der Waals surface area (Å²) in [5.41, 5.74) is 0.644. The van der Waals surface area contributed by atoms with Gasteiger partial charge in [-0.05, 0) is 128 Å². The van der Waals surface area contributed by atoms with Crippen LogP contribution in [0.3, 0.4) is 0 Å². The number of carbonyl (C=O) groups excluding carboxylic acids is 1. The lowest BCUT2D eigenvalue weighted by Gasteiger charge is -2.26. The number of carbonyl (C=O) groups is 1. The van der Waals surface area contributed by atoms with E-state index in [1.807, 2.05) is 13.0 Å². The molecule has 0 N–H and O–H groups in total. The molecule has 3 heteroatoms. The molecule has 0 bridgehead atoms. The SMILES string of the molecule is CCOC(=O)c1cc2ccc3c(Br)cc4cc5ccc6ccc7ccc8cc1c1c2c3c4c2c5c6c7c8c12. The van der Waals surface area contributed by atoms with Gasteiger partial charge in [-0.1, -0.05) is 64.5 Å². The van der Waals surface area contributed by atoms with Crippen molar-refractivity contribution in [2.75, 3.05) is 6.61 Å². The summed E-state index contributed by atoms with van der Waals surface area (Å²) in [6.45, 7) is 2.22. The van der Waals surface area contributed by atoms with Crippen molar-refractivity contribution in [3.05, 3.63) is 82.8 Å². The van der Waals surface area contributed by atoms with E-state index in [2.05, 4.69) is 82.7 Å². The Hall–Kier alpha value is -4.21.